The van der Waals surface area contributed by atoms with E-state index in [0.29, 0.717) is 0 Å². The van der Waals surface area contributed by atoms with Crippen molar-refractivity contribution in [2.24, 2.45) is 0 Å². The third kappa shape index (κ3) is 1.78. The molecule has 4 aromatic rings. The molecule has 2 N–H and O–H groups in total. The summed E-state index contributed by atoms with van der Waals surface area (Å²) in [6, 6.07) is 26.2. The van der Waals surface area contributed by atoms with Crippen molar-refractivity contribution in [1.29, 1.82) is 0 Å². The highest BCUT2D eigenvalue weighted by Gasteiger charge is 2.51. The highest BCUT2D eigenvalue weighted by molar-refractivity contribution is 9.10. The van der Waals surface area contributed by atoms with E-state index in [-0.39, 0.29) is 11.5 Å². The van der Waals surface area contributed by atoms with Crippen molar-refractivity contribution < 1.29 is 10.2 Å². The number of benzene rings is 4. The zero-order valence-corrected chi connectivity index (χ0v) is 16.4. The normalized spacial score (nSPS) is 14.5. The maximum atomic E-state index is 10.2. The summed E-state index contributed by atoms with van der Waals surface area (Å²) in [6.07, 6.45) is 0. The number of hydrogen-bond donors (Lipinski definition) is 2. The van der Waals surface area contributed by atoms with Gasteiger partial charge in [0, 0.05) is 4.47 Å². The van der Waals surface area contributed by atoms with Crippen LogP contribution in [0.1, 0.15) is 22.3 Å². The Labute approximate surface area is 170 Å². The second kappa shape index (κ2) is 5.27. The molecule has 28 heavy (non-hydrogen) atoms. The van der Waals surface area contributed by atoms with Gasteiger partial charge in [0.05, 0.1) is 5.41 Å². The van der Waals surface area contributed by atoms with Gasteiger partial charge in [-0.2, -0.15) is 0 Å². The molecule has 134 valence electrons. The second-order valence-electron chi connectivity index (χ2n) is 7.45. The number of fused-ring (bicyclic) bond motifs is 10. The van der Waals surface area contributed by atoms with Crippen LogP contribution in [0.2, 0.25) is 0 Å². The number of aromatic hydroxyl groups is 2. The highest BCUT2D eigenvalue weighted by atomic mass is 79.9. The van der Waals surface area contributed by atoms with E-state index in [1.165, 1.54) is 22.3 Å². The largest absolute Gasteiger partial charge is 0.508 e. The number of phenols is 2. The van der Waals surface area contributed by atoms with E-state index >= 15 is 0 Å². The van der Waals surface area contributed by atoms with Crippen LogP contribution >= 0.6 is 15.9 Å². The number of hydrogen-bond acceptors (Lipinski definition) is 2. The number of halogens is 1. The van der Waals surface area contributed by atoms with E-state index in [1.54, 1.807) is 24.3 Å². The third-order valence-electron chi connectivity index (χ3n) is 6.11. The van der Waals surface area contributed by atoms with Crippen LogP contribution in [0.25, 0.3) is 22.3 Å². The lowest BCUT2D eigenvalue weighted by Crippen LogP contribution is -2.25. The molecule has 0 amide bonds. The molecule has 0 atom stereocenters. The first-order valence-electron chi connectivity index (χ1n) is 9.18. The van der Waals surface area contributed by atoms with Crippen molar-refractivity contribution in [1.82, 2.24) is 0 Å². The summed E-state index contributed by atoms with van der Waals surface area (Å²) in [4.78, 5) is 0. The Balaban J connectivity index is 1.86. The first-order chi connectivity index (χ1) is 13.6. The van der Waals surface area contributed by atoms with E-state index in [4.69, 9.17) is 0 Å². The van der Waals surface area contributed by atoms with Gasteiger partial charge in [-0.25, -0.2) is 0 Å². The van der Waals surface area contributed by atoms with E-state index < -0.39 is 5.41 Å². The molecular formula is C25H15BrO2. The van der Waals surface area contributed by atoms with Crippen LogP contribution in [0.5, 0.6) is 11.5 Å². The molecule has 0 aliphatic heterocycles. The summed E-state index contributed by atoms with van der Waals surface area (Å²) in [5, 5.41) is 20.4. The molecule has 1 spiro atoms. The molecule has 3 heteroatoms. The topological polar surface area (TPSA) is 40.5 Å². The predicted molar refractivity (Wildman–Crippen MR) is 114 cm³/mol. The second-order valence-corrected chi connectivity index (χ2v) is 8.36. The minimum Gasteiger partial charge on any atom is -0.508 e. The Morgan fingerprint density at radius 1 is 0.536 bits per heavy atom. The van der Waals surface area contributed by atoms with E-state index in [9.17, 15) is 10.2 Å². The van der Waals surface area contributed by atoms with Gasteiger partial charge in [-0.1, -0.05) is 58.4 Å². The molecule has 0 saturated heterocycles. The van der Waals surface area contributed by atoms with Gasteiger partial charge in [0.25, 0.3) is 0 Å². The van der Waals surface area contributed by atoms with Crippen LogP contribution in [0.15, 0.2) is 83.3 Å². The van der Waals surface area contributed by atoms with E-state index in [0.717, 1.165) is 26.7 Å². The maximum Gasteiger partial charge on any atom is 0.116 e. The standard InChI is InChI=1S/C25H15BrO2/c26-14-5-8-18-17-3-1-2-4-21(17)25(24(18)11-14)22-9-6-15(27)12-19(22)20-13-16(28)7-10-23(20)25/h1-13,27-28H. The minimum atomic E-state index is -0.457. The molecule has 0 unspecified atom stereocenters. The Bertz CT molecular complexity index is 1250. The SMILES string of the molecule is Oc1ccc2c(c1)-c1cc(O)ccc1C21c2ccccc2-c2ccc(Br)cc21. The van der Waals surface area contributed by atoms with Crippen LogP contribution in [0, 0.1) is 0 Å². The molecule has 0 bridgehead atoms. The Morgan fingerprint density at radius 2 is 1.11 bits per heavy atom. The first-order valence-corrected chi connectivity index (χ1v) is 9.97. The molecule has 2 aliphatic carbocycles. The van der Waals surface area contributed by atoms with Crippen LogP contribution < -0.4 is 0 Å². The number of rotatable bonds is 0. The summed E-state index contributed by atoms with van der Waals surface area (Å²) >= 11 is 3.66. The van der Waals surface area contributed by atoms with Gasteiger partial charge in [-0.3, -0.25) is 0 Å². The average molecular weight is 427 g/mol. The smallest absolute Gasteiger partial charge is 0.116 e. The van der Waals surface area contributed by atoms with Gasteiger partial charge in [0.1, 0.15) is 11.5 Å². The molecular weight excluding hydrogens is 412 g/mol. The third-order valence-corrected chi connectivity index (χ3v) is 6.60. The van der Waals surface area contributed by atoms with Crippen molar-refractivity contribution >= 4 is 15.9 Å². The van der Waals surface area contributed by atoms with Gasteiger partial charge >= 0.3 is 0 Å². The fraction of sp³-hybridized carbons (Fsp3) is 0.0400. The summed E-state index contributed by atoms with van der Waals surface area (Å²) in [7, 11) is 0. The minimum absolute atomic E-state index is 0.228. The summed E-state index contributed by atoms with van der Waals surface area (Å²) in [5.41, 5.74) is 8.65. The van der Waals surface area contributed by atoms with Crippen molar-refractivity contribution in [2.75, 3.05) is 0 Å². The first kappa shape index (κ1) is 16.0. The van der Waals surface area contributed by atoms with E-state index in [1.807, 2.05) is 12.1 Å². The zero-order chi connectivity index (χ0) is 19.0. The van der Waals surface area contributed by atoms with Gasteiger partial charge < -0.3 is 10.2 Å². The molecule has 2 aliphatic rings. The van der Waals surface area contributed by atoms with Crippen LogP contribution in [-0.4, -0.2) is 10.2 Å². The summed E-state index contributed by atoms with van der Waals surface area (Å²) in [6.45, 7) is 0. The molecule has 6 rings (SSSR count). The zero-order valence-electron chi connectivity index (χ0n) is 14.8. The quantitative estimate of drug-likeness (QED) is 0.303. The predicted octanol–water partition coefficient (Wildman–Crippen LogP) is 6.20. The molecule has 4 aromatic carbocycles. The molecule has 0 saturated carbocycles. The van der Waals surface area contributed by atoms with Gasteiger partial charge in [0.2, 0.25) is 0 Å². The Kier molecular flexibility index (Phi) is 3.00. The van der Waals surface area contributed by atoms with Crippen molar-refractivity contribution in [3.63, 3.8) is 0 Å². The lowest BCUT2D eigenvalue weighted by Gasteiger charge is -2.30. The highest BCUT2D eigenvalue weighted by Crippen LogP contribution is 2.63. The molecule has 0 fully saturated rings. The van der Waals surface area contributed by atoms with E-state index in [2.05, 4.69) is 58.4 Å². The van der Waals surface area contributed by atoms with Crippen LogP contribution in [0.4, 0.5) is 0 Å². The van der Waals surface area contributed by atoms with Crippen molar-refractivity contribution in [3.05, 3.63) is 106 Å². The van der Waals surface area contributed by atoms with Crippen LogP contribution in [-0.2, 0) is 5.41 Å². The molecule has 0 radical (unpaired) electrons. The molecule has 0 aromatic heterocycles. The van der Waals surface area contributed by atoms with Gasteiger partial charge in [-0.05, 0) is 80.9 Å². The van der Waals surface area contributed by atoms with Gasteiger partial charge in [-0.15, -0.1) is 0 Å². The van der Waals surface area contributed by atoms with Crippen molar-refractivity contribution in [2.45, 2.75) is 5.41 Å². The summed E-state index contributed by atoms with van der Waals surface area (Å²) in [5.74, 6) is 0.455. The summed E-state index contributed by atoms with van der Waals surface area (Å²) < 4.78 is 1.03. The fourth-order valence-corrected chi connectivity index (χ4v) is 5.50. The maximum absolute atomic E-state index is 10.2. The lowest BCUT2D eigenvalue weighted by atomic mass is 9.70. The molecule has 0 heterocycles. The fourth-order valence-electron chi connectivity index (χ4n) is 5.14. The van der Waals surface area contributed by atoms with Crippen molar-refractivity contribution in [3.8, 4) is 33.8 Å². The lowest BCUT2D eigenvalue weighted by molar-refractivity contribution is 0.474. The van der Waals surface area contributed by atoms with Gasteiger partial charge in [0.15, 0.2) is 0 Å². The Hall–Kier alpha value is -3.04. The monoisotopic (exact) mass is 426 g/mol. The average Bonchev–Trinajstić information content (AvgIpc) is 3.13. The molecule has 2 nitrogen and oxygen atoms in total. The Morgan fingerprint density at radius 3 is 1.79 bits per heavy atom. The number of phenolic OH excluding ortho intramolecular Hbond substituents is 2. The van der Waals surface area contributed by atoms with Crippen LogP contribution in [0.3, 0.4) is 0 Å².